The Hall–Kier alpha value is -1.20. The third-order valence-electron chi connectivity index (χ3n) is 2.73. The van der Waals surface area contributed by atoms with Gasteiger partial charge in [0.15, 0.2) is 0 Å². The summed E-state index contributed by atoms with van der Waals surface area (Å²) in [6.45, 7) is 3.34. The third-order valence-corrected chi connectivity index (χ3v) is 3.33. The minimum Gasteiger partial charge on any atom is -0.322 e. The predicted molar refractivity (Wildman–Crippen MR) is 68.3 cm³/mol. The molecule has 1 aromatic rings. The van der Waals surface area contributed by atoms with E-state index in [0.29, 0.717) is 10.2 Å². The summed E-state index contributed by atoms with van der Waals surface area (Å²) in [7, 11) is 0. The second-order valence-electron chi connectivity index (χ2n) is 3.92. The van der Waals surface area contributed by atoms with E-state index in [4.69, 9.17) is 0 Å². The fraction of sp³-hybridized carbons (Fsp3) is 0.250. The van der Waals surface area contributed by atoms with Crippen LogP contribution in [-0.2, 0) is 4.79 Å². The van der Waals surface area contributed by atoms with E-state index in [-0.39, 0.29) is 11.7 Å². The number of benzene rings is 1. The van der Waals surface area contributed by atoms with Crippen LogP contribution in [0.2, 0.25) is 0 Å². The van der Waals surface area contributed by atoms with Gasteiger partial charge in [-0.25, -0.2) is 4.39 Å². The van der Waals surface area contributed by atoms with Gasteiger partial charge >= 0.3 is 0 Å². The molecular formula is C12H12BrFN2O. The van der Waals surface area contributed by atoms with Crippen LogP contribution in [0.3, 0.4) is 0 Å². The summed E-state index contributed by atoms with van der Waals surface area (Å²) in [5.41, 5.74) is 2.42. The number of hydrogen-bond acceptors (Lipinski definition) is 2. The van der Waals surface area contributed by atoms with Crippen molar-refractivity contribution in [1.29, 1.82) is 0 Å². The number of halogens is 2. The van der Waals surface area contributed by atoms with E-state index >= 15 is 0 Å². The molecule has 2 N–H and O–H groups in total. The van der Waals surface area contributed by atoms with E-state index < -0.39 is 0 Å². The fourth-order valence-corrected chi connectivity index (χ4v) is 1.85. The van der Waals surface area contributed by atoms with E-state index in [9.17, 15) is 9.18 Å². The van der Waals surface area contributed by atoms with Crippen molar-refractivity contribution in [3.05, 3.63) is 39.6 Å². The lowest BCUT2D eigenvalue weighted by atomic mass is 10.0. The number of nitrogens with one attached hydrogen (secondary N) is 2. The van der Waals surface area contributed by atoms with Crippen LogP contribution in [-0.4, -0.2) is 19.0 Å². The molecule has 1 heterocycles. The van der Waals surface area contributed by atoms with Crippen molar-refractivity contribution >= 4 is 27.5 Å². The third kappa shape index (κ3) is 2.73. The second kappa shape index (κ2) is 4.98. The summed E-state index contributed by atoms with van der Waals surface area (Å²) in [6.07, 6.45) is 0. The lowest BCUT2D eigenvalue weighted by molar-refractivity contribution is -0.112. The molecule has 1 aromatic carbocycles. The van der Waals surface area contributed by atoms with Crippen LogP contribution < -0.4 is 10.6 Å². The van der Waals surface area contributed by atoms with Crippen LogP contribution in [0.1, 0.15) is 6.92 Å². The fourth-order valence-electron chi connectivity index (χ4n) is 1.47. The van der Waals surface area contributed by atoms with E-state index in [1.807, 2.05) is 0 Å². The number of rotatable bonds is 2. The molecule has 1 amide bonds. The molecule has 1 fully saturated rings. The predicted octanol–water partition coefficient (Wildman–Crippen LogP) is 2.45. The highest BCUT2D eigenvalue weighted by atomic mass is 79.9. The number of carbonyl (C=O) groups is 1. The quantitative estimate of drug-likeness (QED) is 0.824. The van der Waals surface area contributed by atoms with Gasteiger partial charge in [0.05, 0.1) is 4.47 Å². The molecule has 90 valence electrons. The number of amides is 1. The van der Waals surface area contributed by atoms with Gasteiger partial charge in [-0.05, 0) is 46.6 Å². The molecule has 17 heavy (non-hydrogen) atoms. The minimum atomic E-state index is -0.346. The average Bonchev–Trinajstić information content (AvgIpc) is 2.21. The zero-order valence-corrected chi connectivity index (χ0v) is 10.9. The summed E-state index contributed by atoms with van der Waals surface area (Å²) in [6, 6.07) is 4.40. The van der Waals surface area contributed by atoms with E-state index in [1.54, 1.807) is 13.0 Å². The summed E-state index contributed by atoms with van der Waals surface area (Å²) < 4.78 is 13.3. The van der Waals surface area contributed by atoms with Crippen LogP contribution in [0.4, 0.5) is 10.1 Å². The molecule has 3 nitrogen and oxygen atoms in total. The zero-order chi connectivity index (χ0) is 12.4. The first-order chi connectivity index (χ1) is 8.08. The van der Waals surface area contributed by atoms with Gasteiger partial charge in [0.2, 0.25) is 0 Å². The van der Waals surface area contributed by atoms with E-state index in [2.05, 4.69) is 26.6 Å². The number of anilines is 1. The Balaban J connectivity index is 2.10. The summed E-state index contributed by atoms with van der Waals surface area (Å²) in [5.74, 6) is -0.485. The normalized spacial score (nSPS) is 14.2. The Morgan fingerprint density at radius 3 is 2.71 bits per heavy atom. The van der Waals surface area contributed by atoms with Gasteiger partial charge in [-0.2, -0.15) is 0 Å². The first kappa shape index (κ1) is 12.3. The molecule has 0 aliphatic carbocycles. The highest BCUT2D eigenvalue weighted by Crippen LogP contribution is 2.20. The maximum atomic E-state index is 13.0. The van der Waals surface area contributed by atoms with Crippen molar-refractivity contribution in [1.82, 2.24) is 5.32 Å². The largest absolute Gasteiger partial charge is 0.322 e. The summed E-state index contributed by atoms with van der Waals surface area (Å²) in [4.78, 5) is 11.8. The summed E-state index contributed by atoms with van der Waals surface area (Å²) >= 11 is 3.08. The van der Waals surface area contributed by atoms with Gasteiger partial charge in [-0.15, -0.1) is 0 Å². The molecule has 0 saturated carbocycles. The summed E-state index contributed by atoms with van der Waals surface area (Å²) in [5, 5.41) is 5.82. The first-order valence-electron chi connectivity index (χ1n) is 5.23. The molecule has 1 aliphatic rings. The maximum Gasteiger partial charge on any atom is 0.251 e. The molecule has 0 radical (unpaired) electrons. The van der Waals surface area contributed by atoms with Crippen molar-refractivity contribution in [2.45, 2.75) is 6.92 Å². The van der Waals surface area contributed by atoms with Gasteiger partial charge in [0, 0.05) is 24.4 Å². The van der Waals surface area contributed by atoms with Crippen molar-refractivity contribution in [2.24, 2.45) is 0 Å². The molecular weight excluding hydrogens is 287 g/mol. The Kier molecular flexibility index (Phi) is 3.59. The van der Waals surface area contributed by atoms with Gasteiger partial charge in [-0.3, -0.25) is 4.79 Å². The Bertz CT molecular complexity index is 493. The highest BCUT2D eigenvalue weighted by Gasteiger charge is 2.16. The van der Waals surface area contributed by atoms with Gasteiger partial charge in [0.25, 0.3) is 5.91 Å². The highest BCUT2D eigenvalue weighted by molar-refractivity contribution is 9.10. The van der Waals surface area contributed by atoms with Crippen LogP contribution in [0.15, 0.2) is 33.8 Å². The molecule has 0 unspecified atom stereocenters. The molecule has 0 spiro atoms. The van der Waals surface area contributed by atoms with Crippen molar-refractivity contribution in [3.8, 4) is 0 Å². The number of carbonyl (C=O) groups excluding carboxylic acids is 1. The molecule has 1 aliphatic heterocycles. The lowest BCUT2D eigenvalue weighted by Crippen LogP contribution is -2.36. The average molecular weight is 299 g/mol. The molecule has 1 saturated heterocycles. The van der Waals surface area contributed by atoms with Crippen molar-refractivity contribution in [3.63, 3.8) is 0 Å². The monoisotopic (exact) mass is 298 g/mol. The van der Waals surface area contributed by atoms with Crippen molar-refractivity contribution in [2.75, 3.05) is 18.4 Å². The Morgan fingerprint density at radius 2 is 2.18 bits per heavy atom. The van der Waals surface area contributed by atoms with Gasteiger partial charge < -0.3 is 10.6 Å². The van der Waals surface area contributed by atoms with E-state index in [0.717, 1.165) is 24.2 Å². The lowest BCUT2D eigenvalue weighted by Gasteiger charge is -2.21. The molecule has 5 heteroatoms. The molecule has 2 rings (SSSR count). The Labute approximate surface area is 107 Å². The minimum absolute atomic E-state index is 0.139. The number of hydrogen-bond donors (Lipinski definition) is 2. The zero-order valence-electron chi connectivity index (χ0n) is 9.31. The maximum absolute atomic E-state index is 13.0. The van der Waals surface area contributed by atoms with Crippen molar-refractivity contribution < 1.29 is 9.18 Å². The van der Waals surface area contributed by atoms with Gasteiger partial charge in [-0.1, -0.05) is 0 Å². The molecule has 0 atom stereocenters. The molecule has 0 aromatic heterocycles. The smallest absolute Gasteiger partial charge is 0.251 e. The second-order valence-corrected chi connectivity index (χ2v) is 4.77. The first-order valence-corrected chi connectivity index (χ1v) is 6.03. The van der Waals surface area contributed by atoms with Gasteiger partial charge in [0.1, 0.15) is 5.82 Å². The van der Waals surface area contributed by atoms with Crippen LogP contribution in [0.25, 0.3) is 0 Å². The van der Waals surface area contributed by atoms with Crippen LogP contribution >= 0.6 is 15.9 Å². The molecule has 0 bridgehead atoms. The van der Waals surface area contributed by atoms with Crippen LogP contribution in [0.5, 0.6) is 0 Å². The standard InChI is InChI=1S/C12H12BrFN2O/c1-7(8-5-15-6-8)12(17)16-9-2-3-11(14)10(13)4-9/h2-4,15H,5-6H2,1H3,(H,16,17). The van der Waals surface area contributed by atoms with Crippen LogP contribution in [0, 0.1) is 5.82 Å². The SMILES string of the molecule is CC(C(=O)Nc1ccc(F)c(Br)c1)=C1CNC1. The topological polar surface area (TPSA) is 41.1 Å². The Morgan fingerprint density at radius 1 is 1.47 bits per heavy atom. The van der Waals surface area contributed by atoms with E-state index in [1.165, 1.54) is 12.1 Å².